The van der Waals surface area contributed by atoms with Crippen LogP contribution < -0.4 is 5.32 Å². The highest BCUT2D eigenvalue weighted by molar-refractivity contribution is 5.84. The molecule has 1 aromatic heterocycles. The third-order valence-electron chi connectivity index (χ3n) is 1.56. The number of carboxylic acid groups (broad SMARTS) is 1. The standard InChI is InChI=1S/C6H6N4O2/c11-6(12)5-9-8-4-3-7-1-2-10(4)5/h1-2,7H,3H2,(H,11,12). The molecular weight excluding hydrogens is 160 g/mol. The van der Waals surface area contributed by atoms with Gasteiger partial charge >= 0.3 is 5.97 Å². The zero-order valence-corrected chi connectivity index (χ0v) is 6.06. The Bertz CT molecular complexity index is 354. The normalized spacial score (nSPS) is 13.7. The Hall–Kier alpha value is -1.85. The number of aromatic carboxylic acids is 1. The second-order valence-electron chi connectivity index (χ2n) is 2.31. The fraction of sp³-hybridized carbons (Fsp3) is 0.167. The molecule has 1 aliphatic heterocycles. The Morgan fingerprint density at radius 1 is 1.67 bits per heavy atom. The second-order valence-corrected chi connectivity index (χ2v) is 2.31. The molecule has 62 valence electrons. The molecule has 2 N–H and O–H groups in total. The van der Waals surface area contributed by atoms with E-state index >= 15 is 0 Å². The van der Waals surface area contributed by atoms with Gasteiger partial charge in [0.25, 0.3) is 0 Å². The first-order valence-electron chi connectivity index (χ1n) is 3.36. The highest BCUT2D eigenvalue weighted by Gasteiger charge is 2.16. The van der Waals surface area contributed by atoms with E-state index in [-0.39, 0.29) is 5.82 Å². The monoisotopic (exact) mass is 166 g/mol. The van der Waals surface area contributed by atoms with Crippen LogP contribution in [0.25, 0.3) is 6.20 Å². The van der Waals surface area contributed by atoms with E-state index in [4.69, 9.17) is 5.11 Å². The van der Waals surface area contributed by atoms with Gasteiger partial charge in [0.2, 0.25) is 5.82 Å². The molecule has 1 aliphatic rings. The van der Waals surface area contributed by atoms with Crippen LogP contribution in [0.15, 0.2) is 6.20 Å². The van der Waals surface area contributed by atoms with Gasteiger partial charge in [-0.2, -0.15) is 0 Å². The number of carboxylic acids is 1. The molecule has 0 spiro atoms. The van der Waals surface area contributed by atoms with Crippen molar-refractivity contribution in [3.05, 3.63) is 17.8 Å². The van der Waals surface area contributed by atoms with Gasteiger partial charge in [0.15, 0.2) is 5.82 Å². The molecule has 0 atom stereocenters. The van der Waals surface area contributed by atoms with Crippen LogP contribution in [0, 0.1) is 0 Å². The molecule has 1 aromatic rings. The minimum atomic E-state index is -1.07. The molecule has 0 unspecified atom stereocenters. The molecule has 2 heterocycles. The molecular formula is C6H6N4O2. The Morgan fingerprint density at radius 2 is 2.50 bits per heavy atom. The summed E-state index contributed by atoms with van der Waals surface area (Å²) in [6.07, 6.45) is 3.24. The molecule has 2 rings (SSSR count). The number of nitrogens with zero attached hydrogens (tertiary/aromatic N) is 3. The first-order chi connectivity index (χ1) is 5.79. The van der Waals surface area contributed by atoms with Crippen molar-refractivity contribution < 1.29 is 9.90 Å². The van der Waals surface area contributed by atoms with Crippen LogP contribution in [0.4, 0.5) is 0 Å². The fourth-order valence-corrected chi connectivity index (χ4v) is 1.02. The molecule has 0 bridgehead atoms. The van der Waals surface area contributed by atoms with Crippen molar-refractivity contribution in [1.82, 2.24) is 20.1 Å². The summed E-state index contributed by atoms with van der Waals surface area (Å²) in [6.45, 7) is 0.511. The SMILES string of the molecule is O=C(O)c1nnc2n1C=CNC2. The maximum absolute atomic E-state index is 10.6. The molecule has 0 amide bonds. The third-order valence-corrected chi connectivity index (χ3v) is 1.56. The van der Waals surface area contributed by atoms with Crippen LogP contribution >= 0.6 is 0 Å². The van der Waals surface area contributed by atoms with Gasteiger partial charge in [0.05, 0.1) is 6.54 Å². The van der Waals surface area contributed by atoms with Crippen LogP contribution in [0.1, 0.15) is 16.4 Å². The summed E-state index contributed by atoms with van der Waals surface area (Å²) in [5.41, 5.74) is 0. The summed E-state index contributed by atoms with van der Waals surface area (Å²) in [4.78, 5) is 10.6. The number of rotatable bonds is 1. The highest BCUT2D eigenvalue weighted by atomic mass is 16.4. The van der Waals surface area contributed by atoms with Crippen molar-refractivity contribution in [2.45, 2.75) is 6.54 Å². The summed E-state index contributed by atoms with van der Waals surface area (Å²) < 4.78 is 1.44. The van der Waals surface area contributed by atoms with E-state index in [1.54, 1.807) is 12.4 Å². The number of aromatic nitrogens is 3. The molecule has 6 heteroatoms. The van der Waals surface area contributed by atoms with Crippen molar-refractivity contribution >= 4 is 12.2 Å². The van der Waals surface area contributed by atoms with Crippen LogP contribution in [-0.2, 0) is 6.54 Å². The Balaban J connectivity index is 2.54. The van der Waals surface area contributed by atoms with Crippen molar-refractivity contribution in [2.24, 2.45) is 0 Å². The average Bonchev–Trinajstić information content (AvgIpc) is 2.47. The molecule has 6 nitrogen and oxygen atoms in total. The van der Waals surface area contributed by atoms with Crippen LogP contribution in [0.3, 0.4) is 0 Å². The van der Waals surface area contributed by atoms with Crippen LogP contribution in [0.5, 0.6) is 0 Å². The zero-order valence-electron chi connectivity index (χ0n) is 6.06. The molecule has 0 aromatic carbocycles. The Labute approximate surface area is 67.5 Å². The quantitative estimate of drug-likeness (QED) is 0.588. The van der Waals surface area contributed by atoms with E-state index in [2.05, 4.69) is 15.5 Å². The van der Waals surface area contributed by atoms with E-state index < -0.39 is 5.97 Å². The average molecular weight is 166 g/mol. The van der Waals surface area contributed by atoms with Gasteiger partial charge in [-0.25, -0.2) is 4.79 Å². The number of carbonyl (C=O) groups is 1. The molecule has 0 fully saturated rings. The molecule has 0 saturated heterocycles. The van der Waals surface area contributed by atoms with E-state index in [0.717, 1.165) is 0 Å². The van der Waals surface area contributed by atoms with E-state index in [1.807, 2.05) is 0 Å². The van der Waals surface area contributed by atoms with Crippen LogP contribution in [0.2, 0.25) is 0 Å². The van der Waals surface area contributed by atoms with Crippen molar-refractivity contribution in [2.75, 3.05) is 0 Å². The van der Waals surface area contributed by atoms with Gasteiger partial charge in [-0.1, -0.05) is 0 Å². The third kappa shape index (κ3) is 0.849. The minimum absolute atomic E-state index is 0.0530. The Kier molecular flexibility index (Phi) is 1.33. The van der Waals surface area contributed by atoms with Crippen molar-refractivity contribution in [3.63, 3.8) is 0 Å². The van der Waals surface area contributed by atoms with Gasteiger partial charge in [0.1, 0.15) is 0 Å². The lowest BCUT2D eigenvalue weighted by molar-refractivity contribution is 0.0681. The maximum Gasteiger partial charge on any atom is 0.374 e. The van der Waals surface area contributed by atoms with E-state index in [9.17, 15) is 4.79 Å². The number of hydrogen-bond acceptors (Lipinski definition) is 4. The van der Waals surface area contributed by atoms with Gasteiger partial charge in [-0.3, -0.25) is 4.57 Å². The lowest BCUT2D eigenvalue weighted by Crippen LogP contribution is -2.17. The Morgan fingerprint density at radius 3 is 3.25 bits per heavy atom. The lowest BCUT2D eigenvalue weighted by atomic mass is 10.5. The molecule has 0 saturated carbocycles. The van der Waals surface area contributed by atoms with Gasteiger partial charge < -0.3 is 10.4 Å². The molecule has 0 radical (unpaired) electrons. The van der Waals surface area contributed by atoms with Crippen molar-refractivity contribution in [3.8, 4) is 0 Å². The predicted molar refractivity (Wildman–Crippen MR) is 39.2 cm³/mol. The van der Waals surface area contributed by atoms with E-state index in [0.29, 0.717) is 12.4 Å². The zero-order chi connectivity index (χ0) is 8.55. The second kappa shape index (κ2) is 2.33. The molecule has 0 aliphatic carbocycles. The van der Waals surface area contributed by atoms with Crippen molar-refractivity contribution in [1.29, 1.82) is 0 Å². The number of hydrogen-bond donors (Lipinski definition) is 2. The maximum atomic E-state index is 10.6. The first-order valence-corrected chi connectivity index (χ1v) is 3.36. The first kappa shape index (κ1) is 6.84. The van der Waals surface area contributed by atoms with Gasteiger partial charge in [-0.05, 0) is 0 Å². The largest absolute Gasteiger partial charge is 0.475 e. The fourth-order valence-electron chi connectivity index (χ4n) is 1.02. The number of fused-ring (bicyclic) bond motifs is 1. The van der Waals surface area contributed by atoms with Gasteiger partial charge in [-0.15, -0.1) is 10.2 Å². The summed E-state index contributed by atoms with van der Waals surface area (Å²) in [7, 11) is 0. The number of nitrogens with one attached hydrogen (secondary N) is 1. The van der Waals surface area contributed by atoms with Gasteiger partial charge in [0, 0.05) is 12.4 Å². The summed E-state index contributed by atoms with van der Waals surface area (Å²) in [6, 6.07) is 0. The smallest absolute Gasteiger partial charge is 0.374 e. The topological polar surface area (TPSA) is 80.0 Å². The molecule has 12 heavy (non-hydrogen) atoms. The summed E-state index contributed by atoms with van der Waals surface area (Å²) >= 11 is 0. The van der Waals surface area contributed by atoms with E-state index in [1.165, 1.54) is 4.57 Å². The van der Waals surface area contributed by atoms with Crippen LogP contribution in [-0.4, -0.2) is 25.8 Å². The summed E-state index contributed by atoms with van der Waals surface area (Å²) in [5, 5.41) is 18.8. The lowest BCUT2D eigenvalue weighted by Gasteiger charge is -2.07. The summed E-state index contributed by atoms with van der Waals surface area (Å²) in [5.74, 6) is -0.516. The minimum Gasteiger partial charge on any atom is -0.475 e. The highest BCUT2D eigenvalue weighted by Crippen LogP contribution is 2.05. The predicted octanol–water partition coefficient (Wildman–Crippen LogP) is -0.492.